The number of aromatic nitrogens is 2. The van der Waals surface area contributed by atoms with Crippen molar-refractivity contribution in [2.75, 3.05) is 6.54 Å². The Bertz CT molecular complexity index is 555. The van der Waals surface area contributed by atoms with Crippen molar-refractivity contribution >= 4 is 0 Å². The number of aryl methyl sites for hydroxylation is 2. The number of hydrogen-bond acceptors (Lipinski definition) is 4. The van der Waals surface area contributed by atoms with Crippen LogP contribution < -0.4 is 10.1 Å². The highest BCUT2D eigenvalue weighted by Crippen LogP contribution is 2.19. The molecule has 0 saturated heterocycles. The zero-order chi connectivity index (χ0) is 13.7. The van der Waals surface area contributed by atoms with Crippen LogP contribution in [0.1, 0.15) is 23.7 Å². The van der Waals surface area contributed by atoms with Crippen molar-refractivity contribution in [1.82, 2.24) is 15.3 Å². The molecule has 0 aliphatic carbocycles. The van der Waals surface area contributed by atoms with Gasteiger partial charge in [-0.1, -0.05) is 19.1 Å². The lowest BCUT2D eigenvalue weighted by Gasteiger charge is -2.08. The van der Waals surface area contributed by atoms with Crippen LogP contribution in [0.2, 0.25) is 0 Å². The highest BCUT2D eigenvalue weighted by molar-refractivity contribution is 5.30. The lowest BCUT2D eigenvalue weighted by Crippen LogP contribution is -2.13. The summed E-state index contributed by atoms with van der Waals surface area (Å²) >= 11 is 0. The van der Waals surface area contributed by atoms with Crippen LogP contribution in [0.5, 0.6) is 11.8 Å². The minimum Gasteiger partial charge on any atom is -0.424 e. The van der Waals surface area contributed by atoms with Crippen LogP contribution in [0.3, 0.4) is 0 Å². The number of nitrogens with one attached hydrogen (secondary N) is 1. The third-order valence-corrected chi connectivity index (χ3v) is 2.82. The Hall–Kier alpha value is -1.94. The third kappa shape index (κ3) is 3.76. The van der Waals surface area contributed by atoms with Crippen molar-refractivity contribution in [3.05, 3.63) is 47.3 Å². The summed E-state index contributed by atoms with van der Waals surface area (Å²) in [4.78, 5) is 8.62. The average Bonchev–Trinajstić information content (AvgIpc) is 2.38. The topological polar surface area (TPSA) is 47.0 Å². The van der Waals surface area contributed by atoms with E-state index in [0.29, 0.717) is 6.01 Å². The van der Waals surface area contributed by atoms with Gasteiger partial charge in [0.2, 0.25) is 0 Å². The van der Waals surface area contributed by atoms with Crippen LogP contribution >= 0.6 is 0 Å². The van der Waals surface area contributed by atoms with Crippen molar-refractivity contribution < 1.29 is 4.74 Å². The molecule has 0 atom stereocenters. The van der Waals surface area contributed by atoms with Crippen molar-refractivity contribution in [2.45, 2.75) is 27.3 Å². The molecule has 0 fully saturated rings. The molecule has 4 heteroatoms. The van der Waals surface area contributed by atoms with Gasteiger partial charge in [-0.2, -0.15) is 4.98 Å². The van der Waals surface area contributed by atoms with E-state index in [2.05, 4.69) is 22.2 Å². The minimum atomic E-state index is 0.392. The highest BCUT2D eigenvalue weighted by atomic mass is 16.5. The Balaban J connectivity index is 2.11. The van der Waals surface area contributed by atoms with E-state index in [4.69, 9.17) is 4.74 Å². The Labute approximate surface area is 113 Å². The fourth-order valence-electron chi connectivity index (χ4n) is 1.74. The summed E-state index contributed by atoms with van der Waals surface area (Å²) in [7, 11) is 0. The van der Waals surface area contributed by atoms with Crippen molar-refractivity contribution in [3.8, 4) is 11.8 Å². The van der Waals surface area contributed by atoms with Crippen molar-refractivity contribution in [2.24, 2.45) is 0 Å². The van der Waals surface area contributed by atoms with Gasteiger partial charge in [0, 0.05) is 24.0 Å². The molecule has 0 aliphatic heterocycles. The maximum absolute atomic E-state index is 5.66. The Morgan fingerprint density at radius 1 is 1.26 bits per heavy atom. The first kappa shape index (κ1) is 13.5. The van der Waals surface area contributed by atoms with Crippen LogP contribution in [0.15, 0.2) is 30.5 Å². The minimum absolute atomic E-state index is 0.392. The highest BCUT2D eigenvalue weighted by Gasteiger charge is 2.05. The largest absolute Gasteiger partial charge is 0.424 e. The maximum Gasteiger partial charge on any atom is 0.322 e. The quantitative estimate of drug-likeness (QED) is 0.894. The molecule has 1 heterocycles. The van der Waals surface area contributed by atoms with Gasteiger partial charge < -0.3 is 10.1 Å². The number of benzene rings is 1. The third-order valence-electron chi connectivity index (χ3n) is 2.82. The van der Waals surface area contributed by atoms with Gasteiger partial charge in [-0.25, -0.2) is 4.98 Å². The molecule has 1 aromatic carbocycles. The van der Waals surface area contributed by atoms with E-state index in [1.807, 2.05) is 44.3 Å². The number of rotatable bonds is 5. The van der Waals surface area contributed by atoms with Gasteiger partial charge >= 0.3 is 6.01 Å². The molecule has 2 aromatic rings. The second-order valence-corrected chi connectivity index (χ2v) is 4.46. The zero-order valence-corrected chi connectivity index (χ0v) is 11.6. The number of hydrogen-bond donors (Lipinski definition) is 1. The SMILES string of the molecule is CCNCc1cnc(Oc2cccc(C)c2)nc1C. The molecule has 0 aliphatic rings. The van der Waals surface area contributed by atoms with Crippen LogP contribution in [-0.4, -0.2) is 16.5 Å². The lowest BCUT2D eigenvalue weighted by molar-refractivity contribution is 0.439. The fraction of sp³-hybridized carbons (Fsp3) is 0.333. The Kier molecular flexibility index (Phi) is 4.47. The van der Waals surface area contributed by atoms with E-state index in [1.54, 1.807) is 0 Å². The monoisotopic (exact) mass is 257 g/mol. The van der Waals surface area contributed by atoms with E-state index in [-0.39, 0.29) is 0 Å². The molecule has 1 aromatic heterocycles. The Morgan fingerprint density at radius 3 is 2.79 bits per heavy atom. The molecule has 4 nitrogen and oxygen atoms in total. The van der Waals surface area contributed by atoms with Crippen LogP contribution in [-0.2, 0) is 6.54 Å². The summed E-state index contributed by atoms with van der Waals surface area (Å²) in [5.41, 5.74) is 3.19. The second kappa shape index (κ2) is 6.29. The molecule has 19 heavy (non-hydrogen) atoms. The summed E-state index contributed by atoms with van der Waals surface area (Å²) < 4.78 is 5.66. The zero-order valence-electron chi connectivity index (χ0n) is 11.6. The molecule has 0 unspecified atom stereocenters. The van der Waals surface area contributed by atoms with Crippen LogP contribution in [0, 0.1) is 13.8 Å². The average molecular weight is 257 g/mol. The molecule has 0 saturated carbocycles. The van der Waals surface area contributed by atoms with Gasteiger partial charge in [0.25, 0.3) is 0 Å². The molecule has 0 radical (unpaired) electrons. The molecule has 0 amide bonds. The first-order valence-electron chi connectivity index (χ1n) is 6.47. The summed E-state index contributed by atoms with van der Waals surface area (Å²) in [5, 5.41) is 3.26. The van der Waals surface area contributed by atoms with E-state index < -0.39 is 0 Å². The molecule has 0 spiro atoms. The van der Waals surface area contributed by atoms with E-state index in [1.165, 1.54) is 0 Å². The summed E-state index contributed by atoms with van der Waals surface area (Å²) in [5.74, 6) is 0.763. The predicted octanol–water partition coefficient (Wildman–Crippen LogP) is 3.00. The standard InChI is InChI=1S/C15H19N3O/c1-4-16-9-13-10-17-15(18-12(13)3)19-14-7-5-6-11(2)8-14/h5-8,10,16H,4,9H2,1-3H3. The van der Waals surface area contributed by atoms with E-state index in [0.717, 1.165) is 35.7 Å². The molecular formula is C15H19N3O. The van der Waals surface area contributed by atoms with Gasteiger partial charge in [-0.3, -0.25) is 0 Å². The maximum atomic E-state index is 5.66. The van der Waals surface area contributed by atoms with Gasteiger partial charge in [0.05, 0.1) is 0 Å². The predicted molar refractivity (Wildman–Crippen MR) is 75.4 cm³/mol. The van der Waals surface area contributed by atoms with Crippen LogP contribution in [0.25, 0.3) is 0 Å². The summed E-state index contributed by atoms with van der Waals surface area (Å²) in [6.45, 7) is 7.79. The summed E-state index contributed by atoms with van der Waals surface area (Å²) in [6.07, 6.45) is 1.82. The molecule has 1 N–H and O–H groups in total. The first-order valence-corrected chi connectivity index (χ1v) is 6.47. The molecule has 0 bridgehead atoms. The number of ether oxygens (including phenoxy) is 1. The van der Waals surface area contributed by atoms with Crippen LogP contribution in [0.4, 0.5) is 0 Å². The normalized spacial score (nSPS) is 10.5. The van der Waals surface area contributed by atoms with E-state index >= 15 is 0 Å². The summed E-state index contributed by atoms with van der Waals surface area (Å²) in [6, 6.07) is 8.24. The second-order valence-electron chi connectivity index (χ2n) is 4.46. The fourth-order valence-corrected chi connectivity index (χ4v) is 1.74. The lowest BCUT2D eigenvalue weighted by atomic mass is 10.2. The van der Waals surface area contributed by atoms with Crippen molar-refractivity contribution in [3.63, 3.8) is 0 Å². The molecule has 100 valence electrons. The van der Waals surface area contributed by atoms with E-state index in [9.17, 15) is 0 Å². The Morgan fingerprint density at radius 2 is 2.11 bits per heavy atom. The first-order chi connectivity index (χ1) is 9.19. The van der Waals surface area contributed by atoms with Gasteiger partial charge in [0.1, 0.15) is 5.75 Å². The molecular weight excluding hydrogens is 238 g/mol. The van der Waals surface area contributed by atoms with Gasteiger partial charge in [0.15, 0.2) is 0 Å². The van der Waals surface area contributed by atoms with Gasteiger partial charge in [-0.15, -0.1) is 0 Å². The smallest absolute Gasteiger partial charge is 0.322 e. The van der Waals surface area contributed by atoms with Crippen molar-refractivity contribution in [1.29, 1.82) is 0 Å². The number of nitrogens with zero attached hydrogens (tertiary/aromatic N) is 2. The van der Waals surface area contributed by atoms with Gasteiger partial charge in [-0.05, 0) is 38.1 Å². The molecule has 2 rings (SSSR count).